The molecule has 2 heterocycles. The van der Waals surface area contributed by atoms with Crippen molar-refractivity contribution in [1.82, 2.24) is 9.80 Å². The minimum absolute atomic E-state index is 0.00612. The molecule has 0 radical (unpaired) electrons. The Labute approximate surface area is 117 Å². The van der Waals surface area contributed by atoms with Crippen LogP contribution in [0.2, 0.25) is 0 Å². The van der Waals surface area contributed by atoms with E-state index in [1.807, 2.05) is 7.05 Å². The van der Waals surface area contributed by atoms with E-state index < -0.39 is 11.8 Å². The molecule has 2 aliphatic heterocycles. The summed E-state index contributed by atoms with van der Waals surface area (Å²) in [5.41, 5.74) is 0.00612. The molecule has 1 aliphatic carbocycles. The van der Waals surface area contributed by atoms with Gasteiger partial charge in [-0.25, -0.2) is 8.78 Å². The molecule has 0 unspecified atom stereocenters. The van der Waals surface area contributed by atoms with Crippen molar-refractivity contribution in [3.63, 3.8) is 0 Å². The summed E-state index contributed by atoms with van der Waals surface area (Å²) >= 11 is 0. The van der Waals surface area contributed by atoms with Crippen LogP contribution >= 0.6 is 0 Å². The fourth-order valence-electron chi connectivity index (χ4n) is 3.73. The lowest BCUT2D eigenvalue weighted by Gasteiger charge is -2.42. The Morgan fingerprint density at radius 3 is 2.30 bits per heavy atom. The maximum Gasteiger partial charge on any atom is 0.249 e. The molecule has 2 amide bonds. The SMILES string of the molecule is CN1CC2(CCN(C(=O)C3CC(F)(F)C3)CC2)CC1=O. The topological polar surface area (TPSA) is 40.6 Å². The number of hydrogen-bond acceptors (Lipinski definition) is 2. The number of halogens is 2. The van der Waals surface area contributed by atoms with Gasteiger partial charge in [-0.3, -0.25) is 9.59 Å². The van der Waals surface area contributed by atoms with Crippen LogP contribution in [0.4, 0.5) is 8.78 Å². The summed E-state index contributed by atoms with van der Waals surface area (Å²) < 4.78 is 25.7. The Hall–Kier alpha value is -1.20. The Morgan fingerprint density at radius 2 is 1.85 bits per heavy atom. The molecule has 4 nitrogen and oxygen atoms in total. The molecule has 6 heteroatoms. The highest BCUT2D eigenvalue weighted by Crippen LogP contribution is 2.45. The van der Waals surface area contributed by atoms with E-state index in [0.29, 0.717) is 19.5 Å². The summed E-state index contributed by atoms with van der Waals surface area (Å²) in [6.07, 6.45) is 1.58. The molecule has 20 heavy (non-hydrogen) atoms. The number of likely N-dealkylation sites (tertiary alicyclic amines) is 2. The monoisotopic (exact) mass is 286 g/mol. The van der Waals surface area contributed by atoms with Gasteiger partial charge in [-0.1, -0.05) is 0 Å². The molecule has 1 spiro atoms. The molecular formula is C14H20F2N2O2. The summed E-state index contributed by atoms with van der Waals surface area (Å²) in [5, 5.41) is 0. The number of rotatable bonds is 1. The van der Waals surface area contributed by atoms with Crippen molar-refractivity contribution in [2.45, 2.75) is 38.0 Å². The molecule has 3 rings (SSSR count). The van der Waals surface area contributed by atoms with Crippen LogP contribution in [-0.2, 0) is 9.59 Å². The average Bonchev–Trinajstić information content (AvgIpc) is 2.61. The number of carbonyl (C=O) groups excluding carboxylic acids is 2. The second-order valence-corrected chi connectivity index (χ2v) is 6.71. The van der Waals surface area contributed by atoms with Crippen LogP contribution in [0.15, 0.2) is 0 Å². The molecule has 0 bridgehead atoms. The van der Waals surface area contributed by atoms with Gasteiger partial charge in [0.2, 0.25) is 17.7 Å². The van der Waals surface area contributed by atoms with E-state index in [4.69, 9.17) is 0 Å². The van der Waals surface area contributed by atoms with Crippen LogP contribution in [0.5, 0.6) is 0 Å². The van der Waals surface area contributed by atoms with E-state index in [2.05, 4.69) is 0 Å². The molecule has 0 aromatic carbocycles. The van der Waals surface area contributed by atoms with Crippen LogP contribution in [0.3, 0.4) is 0 Å². The third-order valence-electron chi connectivity index (χ3n) is 5.10. The summed E-state index contributed by atoms with van der Waals surface area (Å²) in [6, 6.07) is 0. The van der Waals surface area contributed by atoms with Gasteiger partial charge < -0.3 is 9.80 Å². The average molecular weight is 286 g/mol. The van der Waals surface area contributed by atoms with E-state index >= 15 is 0 Å². The Morgan fingerprint density at radius 1 is 1.25 bits per heavy atom. The third kappa shape index (κ3) is 2.29. The zero-order valence-electron chi connectivity index (χ0n) is 11.7. The smallest absolute Gasteiger partial charge is 0.249 e. The number of amides is 2. The molecule has 1 saturated carbocycles. The van der Waals surface area contributed by atoms with Crippen molar-refractivity contribution >= 4 is 11.8 Å². The van der Waals surface area contributed by atoms with Crippen molar-refractivity contribution in [1.29, 1.82) is 0 Å². The minimum Gasteiger partial charge on any atom is -0.345 e. The fraction of sp³-hybridized carbons (Fsp3) is 0.857. The summed E-state index contributed by atoms with van der Waals surface area (Å²) in [6.45, 7) is 1.96. The number of alkyl halides is 2. The van der Waals surface area contributed by atoms with Crippen LogP contribution < -0.4 is 0 Å². The molecule has 3 aliphatic rings. The van der Waals surface area contributed by atoms with Crippen molar-refractivity contribution in [3.8, 4) is 0 Å². The highest BCUT2D eigenvalue weighted by atomic mass is 19.3. The quantitative estimate of drug-likeness (QED) is 0.733. The zero-order valence-corrected chi connectivity index (χ0v) is 11.7. The Bertz CT molecular complexity index is 436. The third-order valence-corrected chi connectivity index (χ3v) is 5.10. The zero-order chi connectivity index (χ0) is 14.5. The number of nitrogens with zero attached hydrogens (tertiary/aromatic N) is 2. The molecule has 0 N–H and O–H groups in total. The lowest BCUT2D eigenvalue weighted by Crippen LogP contribution is -2.50. The van der Waals surface area contributed by atoms with Gasteiger partial charge in [0.15, 0.2) is 0 Å². The first-order valence-corrected chi connectivity index (χ1v) is 7.21. The number of hydrogen-bond donors (Lipinski definition) is 0. The van der Waals surface area contributed by atoms with Crippen LogP contribution in [0, 0.1) is 11.3 Å². The van der Waals surface area contributed by atoms with Crippen molar-refractivity contribution in [2.24, 2.45) is 11.3 Å². The molecule has 112 valence electrons. The maximum absolute atomic E-state index is 12.8. The lowest BCUT2D eigenvalue weighted by molar-refractivity contribution is -0.161. The van der Waals surface area contributed by atoms with Gasteiger partial charge in [0.05, 0.1) is 0 Å². The summed E-state index contributed by atoms with van der Waals surface area (Å²) in [7, 11) is 1.81. The highest BCUT2D eigenvalue weighted by molar-refractivity contribution is 5.81. The predicted molar refractivity (Wildman–Crippen MR) is 68.2 cm³/mol. The maximum atomic E-state index is 12.8. The van der Waals surface area contributed by atoms with E-state index in [0.717, 1.165) is 19.4 Å². The molecular weight excluding hydrogens is 266 g/mol. The van der Waals surface area contributed by atoms with Crippen LogP contribution in [0.25, 0.3) is 0 Å². The molecule has 3 fully saturated rings. The van der Waals surface area contributed by atoms with Crippen LogP contribution in [0.1, 0.15) is 32.1 Å². The molecule has 0 aromatic heterocycles. The second kappa shape index (κ2) is 4.40. The Balaban J connectivity index is 1.54. The van der Waals surface area contributed by atoms with E-state index in [-0.39, 0.29) is 30.1 Å². The molecule has 0 aromatic rings. The van der Waals surface area contributed by atoms with Gasteiger partial charge >= 0.3 is 0 Å². The largest absolute Gasteiger partial charge is 0.345 e. The van der Waals surface area contributed by atoms with E-state index in [9.17, 15) is 18.4 Å². The van der Waals surface area contributed by atoms with Gasteiger partial charge in [0, 0.05) is 57.3 Å². The van der Waals surface area contributed by atoms with Gasteiger partial charge in [0.1, 0.15) is 0 Å². The first kappa shape index (κ1) is 13.8. The standard InChI is InChI=1S/C14H20F2N2O2/c1-17-9-13(8-11(17)19)2-4-18(5-3-13)12(20)10-6-14(15,16)7-10/h10H,2-9H2,1H3. The first-order chi connectivity index (χ1) is 9.30. The number of carbonyl (C=O) groups is 2. The fourth-order valence-corrected chi connectivity index (χ4v) is 3.73. The Kier molecular flexibility index (Phi) is 3.03. The van der Waals surface area contributed by atoms with Gasteiger partial charge in [0.25, 0.3) is 0 Å². The summed E-state index contributed by atoms with van der Waals surface area (Å²) in [5.74, 6) is -3.09. The second-order valence-electron chi connectivity index (χ2n) is 6.71. The van der Waals surface area contributed by atoms with Crippen molar-refractivity contribution < 1.29 is 18.4 Å². The van der Waals surface area contributed by atoms with Gasteiger partial charge in [-0.2, -0.15) is 0 Å². The van der Waals surface area contributed by atoms with Crippen LogP contribution in [-0.4, -0.2) is 54.2 Å². The van der Waals surface area contributed by atoms with E-state index in [1.165, 1.54) is 0 Å². The molecule has 0 atom stereocenters. The normalized spacial score (nSPS) is 28.9. The highest BCUT2D eigenvalue weighted by Gasteiger charge is 2.51. The van der Waals surface area contributed by atoms with Crippen molar-refractivity contribution in [2.75, 3.05) is 26.7 Å². The van der Waals surface area contributed by atoms with Gasteiger partial charge in [-0.05, 0) is 12.8 Å². The summed E-state index contributed by atoms with van der Waals surface area (Å²) in [4.78, 5) is 27.2. The lowest BCUT2D eigenvalue weighted by atomic mass is 9.76. The van der Waals surface area contributed by atoms with Gasteiger partial charge in [-0.15, -0.1) is 0 Å². The first-order valence-electron chi connectivity index (χ1n) is 7.21. The van der Waals surface area contributed by atoms with E-state index in [1.54, 1.807) is 9.80 Å². The van der Waals surface area contributed by atoms with Crippen molar-refractivity contribution in [3.05, 3.63) is 0 Å². The molecule has 2 saturated heterocycles. The predicted octanol–water partition coefficient (Wildman–Crippen LogP) is 1.50. The minimum atomic E-state index is -2.64. The number of piperidine rings is 1.